The number of carbonyl (C=O) groups is 1. The van der Waals surface area contributed by atoms with E-state index in [1.54, 1.807) is 0 Å². The molecule has 2 aromatic rings. The maximum atomic E-state index is 11.3. The highest BCUT2D eigenvalue weighted by molar-refractivity contribution is 5.85. The molecule has 1 amide bonds. The predicted octanol–water partition coefficient (Wildman–Crippen LogP) is 3.46. The lowest BCUT2D eigenvalue weighted by Gasteiger charge is -2.10. The molecule has 0 saturated heterocycles. The van der Waals surface area contributed by atoms with Gasteiger partial charge in [-0.25, -0.2) is 4.79 Å². The number of para-hydroxylation sites is 1. The summed E-state index contributed by atoms with van der Waals surface area (Å²) >= 11 is 0. The van der Waals surface area contributed by atoms with E-state index in [0.29, 0.717) is 0 Å². The largest absolute Gasteiger partial charge is 0.453 e. The Hall–Kier alpha value is -2.29. The smallest absolute Gasteiger partial charge is 0.411 e. The number of carbonyl (C=O) groups excluding carboxylic acids is 1. The van der Waals surface area contributed by atoms with Gasteiger partial charge in [0.2, 0.25) is 0 Å². The summed E-state index contributed by atoms with van der Waals surface area (Å²) in [6.07, 6.45) is 0.330. The van der Waals surface area contributed by atoms with Crippen LogP contribution in [0.15, 0.2) is 54.6 Å². The first-order valence-electron chi connectivity index (χ1n) is 5.76. The second kappa shape index (κ2) is 5.87. The Labute approximate surface area is 106 Å². The van der Waals surface area contributed by atoms with Crippen molar-refractivity contribution < 1.29 is 9.53 Å². The molecule has 3 nitrogen and oxygen atoms in total. The molecular weight excluding hydrogens is 226 g/mol. The summed E-state index contributed by atoms with van der Waals surface area (Å²) in [5, 5.41) is 2.72. The number of hydrogen-bond acceptors (Lipinski definition) is 2. The molecule has 0 atom stereocenters. The highest BCUT2D eigenvalue weighted by Crippen LogP contribution is 2.19. The molecule has 18 heavy (non-hydrogen) atoms. The molecule has 0 unspecified atom stereocenters. The zero-order valence-corrected chi connectivity index (χ0v) is 10.2. The molecule has 2 rings (SSSR count). The van der Waals surface area contributed by atoms with Crippen molar-refractivity contribution in [3.63, 3.8) is 0 Å². The Morgan fingerprint density at radius 2 is 1.72 bits per heavy atom. The molecule has 1 N–H and O–H groups in total. The lowest BCUT2D eigenvalue weighted by Crippen LogP contribution is -2.12. The Kier molecular flexibility index (Phi) is 3.97. The molecule has 0 radical (unpaired) electrons. The van der Waals surface area contributed by atoms with E-state index in [4.69, 9.17) is 0 Å². The van der Waals surface area contributed by atoms with Crippen LogP contribution in [0.25, 0.3) is 0 Å². The van der Waals surface area contributed by atoms with Gasteiger partial charge in [0.1, 0.15) is 0 Å². The van der Waals surface area contributed by atoms with E-state index in [2.05, 4.69) is 22.2 Å². The third kappa shape index (κ3) is 3.10. The molecule has 0 aliphatic rings. The first-order chi connectivity index (χ1) is 8.79. The number of benzene rings is 2. The van der Waals surface area contributed by atoms with Crippen molar-refractivity contribution in [1.29, 1.82) is 0 Å². The second-order valence-corrected chi connectivity index (χ2v) is 3.94. The summed E-state index contributed by atoms with van der Waals surface area (Å²) in [6, 6.07) is 17.8. The van der Waals surface area contributed by atoms with E-state index in [1.807, 2.05) is 42.5 Å². The van der Waals surface area contributed by atoms with Crippen molar-refractivity contribution in [3.8, 4) is 0 Å². The van der Waals surface area contributed by atoms with Crippen LogP contribution in [0, 0.1) is 0 Å². The lowest BCUT2D eigenvalue weighted by atomic mass is 10.0. The molecule has 0 fully saturated rings. The van der Waals surface area contributed by atoms with E-state index in [0.717, 1.165) is 17.7 Å². The SMILES string of the molecule is COC(=O)Nc1ccccc1Cc1ccccc1. The van der Waals surface area contributed by atoms with Crippen LogP contribution in [-0.2, 0) is 11.2 Å². The minimum Gasteiger partial charge on any atom is -0.453 e. The molecule has 0 bridgehead atoms. The average Bonchev–Trinajstić information content (AvgIpc) is 2.42. The van der Waals surface area contributed by atoms with Crippen molar-refractivity contribution in [2.24, 2.45) is 0 Å². The highest BCUT2D eigenvalue weighted by atomic mass is 16.5. The summed E-state index contributed by atoms with van der Waals surface area (Å²) in [4.78, 5) is 11.3. The number of amides is 1. The monoisotopic (exact) mass is 241 g/mol. The third-order valence-electron chi connectivity index (χ3n) is 2.68. The molecular formula is C15H15NO2. The number of hydrogen-bond donors (Lipinski definition) is 1. The Morgan fingerprint density at radius 3 is 2.44 bits per heavy atom. The van der Waals surface area contributed by atoms with Crippen LogP contribution >= 0.6 is 0 Å². The highest BCUT2D eigenvalue weighted by Gasteiger charge is 2.06. The van der Waals surface area contributed by atoms with Crippen LogP contribution in [0.3, 0.4) is 0 Å². The molecule has 2 aromatic carbocycles. The number of methoxy groups -OCH3 is 1. The molecule has 0 heterocycles. The predicted molar refractivity (Wildman–Crippen MR) is 71.7 cm³/mol. The summed E-state index contributed by atoms with van der Waals surface area (Å²) in [7, 11) is 1.36. The van der Waals surface area contributed by atoms with Crippen LogP contribution < -0.4 is 5.32 Å². The van der Waals surface area contributed by atoms with Crippen molar-refractivity contribution in [2.45, 2.75) is 6.42 Å². The molecule has 0 saturated carbocycles. The summed E-state index contributed by atoms with van der Waals surface area (Å²) < 4.78 is 4.61. The topological polar surface area (TPSA) is 38.3 Å². The Balaban J connectivity index is 2.20. The van der Waals surface area contributed by atoms with Gasteiger partial charge in [0.25, 0.3) is 0 Å². The third-order valence-corrected chi connectivity index (χ3v) is 2.68. The first kappa shape index (κ1) is 12.2. The Morgan fingerprint density at radius 1 is 1.06 bits per heavy atom. The number of anilines is 1. The molecule has 0 aromatic heterocycles. The fourth-order valence-electron chi connectivity index (χ4n) is 1.77. The van der Waals surface area contributed by atoms with Gasteiger partial charge in [-0.3, -0.25) is 5.32 Å². The molecule has 92 valence electrons. The summed E-state index contributed by atoms with van der Waals surface area (Å²) in [6.45, 7) is 0. The number of ether oxygens (including phenoxy) is 1. The van der Waals surface area contributed by atoms with Gasteiger partial charge in [-0.15, -0.1) is 0 Å². The normalized spacial score (nSPS) is 9.83. The van der Waals surface area contributed by atoms with Crippen molar-refractivity contribution in [2.75, 3.05) is 12.4 Å². The van der Waals surface area contributed by atoms with Crippen molar-refractivity contribution in [3.05, 3.63) is 65.7 Å². The van der Waals surface area contributed by atoms with Crippen LogP contribution in [0.5, 0.6) is 0 Å². The van der Waals surface area contributed by atoms with Crippen LogP contribution in [-0.4, -0.2) is 13.2 Å². The van der Waals surface area contributed by atoms with Gasteiger partial charge in [0.15, 0.2) is 0 Å². The number of nitrogens with one attached hydrogen (secondary N) is 1. The summed E-state index contributed by atoms with van der Waals surface area (Å²) in [5.74, 6) is 0. The molecule has 3 heteroatoms. The van der Waals surface area contributed by atoms with Crippen LogP contribution in [0.4, 0.5) is 10.5 Å². The van der Waals surface area contributed by atoms with Gasteiger partial charge in [0, 0.05) is 5.69 Å². The number of rotatable bonds is 3. The van der Waals surface area contributed by atoms with Gasteiger partial charge in [-0.1, -0.05) is 48.5 Å². The fourth-order valence-corrected chi connectivity index (χ4v) is 1.77. The van der Waals surface area contributed by atoms with Crippen molar-refractivity contribution in [1.82, 2.24) is 0 Å². The lowest BCUT2D eigenvalue weighted by molar-refractivity contribution is 0.187. The summed E-state index contributed by atoms with van der Waals surface area (Å²) in [5.41, 5.74) is 3.05. The first-order valence-corrected chi connectivity index (χ1v) is 5.76. The fraction of sp³-hybridized carbons (Fsp3) is 0.133. The standard InChI is InChI=1S/C15H15NO2/c1-18-15(17)16-14-10-6-5-9-13(14)11-12-7-3-2-4-8-12/h2-10H,11H2,1H3,(H,16,17). The van der Waals surface area contributed by atoms with Gasteiger partial charge in [0.05, 0.1) is 7.11 Å². The van der Waals surface area contributed by atoms with E-state index >= 15 is 0 Å². The van der Waals surface area contributed by atoms with Crippen LogP contribution in [0.1, 0.15) is 11.1 Å². The van der Waals surface area contributed by atoms with Gasteiger partial charge in [-0.05, 0) is 23.6 Å². The quantitative estimate of drug-likeness (QED) is 0.893. The van der Waals surface area contributed by atoms with Gasteiger partial charge in [-0.2, -0.15) is 0 Å². The minimum absolute atomic E-state index is 0.449. The minimum atomic E-state index is -0.449. The Bertz CT molecular complexity index is 523. The van der Waals surface area contributed by atoms with Crippen molar-refractivity contribution >= 4 is 11.8 Å². The zero-order valence-electron chi connectivity index (χ0n) is 10.2. The second-order valence-electron chi connectivity index (χ2n) is 3.94. The molecule has 0 spiro atoms. The van der Waals surface area contributed by atoms with E-state index in [9.17, 15) is 4.79 Å². The van der Waals surface area contributed by atoms with E-state index < -0.39 is 6.09 Å². The van der Waals surface area contributed by atoms with E-state index in [-0.39, 0.29) is 0 Å². The van der Waals surface area contributed by atoms with Crippen LogP contribution in [0.2, 0.25) is 0 Å². The average molecular weight is 241 g/mol. The molecule has 0 aliphatic heterocycles. The van der Waals surface area contributed by atoms with Gasteiger partial charge < -0.3 is 4.74 Å². The van der Waals surface area contributed by atoms with E-state index in [1.165, 1.54) is 12.7 Å². The maximum absolute atomic E-state index is 11.3. The zero-order chi connectivity index (χ0) is 12.8. The van der Waals surface area contributed by atoms with Gasteiger partial charge >= 0.3 is 6.09 Å². The maximum Gasteiger partial charge on any atom is 0.411 e. The molecule has 0 aliphatic carbocycles.